The van der Waals surface area contributed by atoms with Gasteiger partial charge in [0.15, 0.2) is 0 Å². The molecular weight excluding hydrogens is 327 g/mol. The van der Waals surface area contributed by atoms with Crippen LogP contribution in [0.5, 0.6) is 5.75 Å². The Hall–Kier alpha value is -2.48. The van der Waals surface area contributed by atoms with E-state index in [1.54, 1.807) is 24.3 Å². The van der Waals surface area contributed by atoms with Gasteiger partial charge in [-0.2, -0.15) is 5.26 Å². The highest BCUT2D eigenvalue weighted by molar-refractivity contribution is 5.50. The second-order valence-electron chi connectivity index (χ2n) is 6.74. The van der Waals surface area contributed by atoms with Crippen LogP contribution < -0.4 is 4.74 Å². The average molecular weight is 347 g/mol. The van der Waals surface area contributed by atoms with E-state index in [2.05, 4.69) is 10.8 Å². The van der Waals surface area contributed by atoms with Crippen molar-refractivity contribution in [1.29, 1.82) is 5.26 Å². The minimum atomic E-state index is -4.75. The van der Waals surface area contributed by atoms with Crippen LogP contribution in [0.1, 0.15) is 55.9 Å². The Kier molecular flexibility index (Phi) is 5.12. The Bertz CT molecular complexity index is 801. The maximum atomic E-state index is 12.8. The number of hydrogen-bond donors (Lipinski definition) is 0. The molecule has 132 valence electrons. The number of rotatable bonds is 4. The van der Waals surface area contributed by atoms with Gasteiger partial charge in [0.1, 0.15) is 5.75 Å². The van der Waals surface area contributed by atoms with Gasteiger partial charge in [-0.1, -0.05) is 58.0 Å². The number of nitrogens with zero attached hydrogens (tertiary/aromatic N) is 1. The summed E-state index contributed by atoms with van der Waals surface area (Å²) >= 11 is 0. The quantitative estimate of drug-likeness (QED) is 0.689. The predicted molar refractivity (Wildman–Crippen MR) is 90.5 cm³/mol. The van der Waals surface area contributed by atoms with Crippen molar-refractivity contribution in [2.24, 2.45) is 0 Å². The zero-order chi connectivity index (χ0) is 18.8. The lowest BCUT2D eigenvalue weighted by Crippen LogP contribution is -2.22. The van der Waals surface area contributed by atoms with Crippen LogP contribution in [0.3, 0.4) is 0 Å². The number of alkyl halides is 3. The summed E-state index contributed by atoms with van der Waals surface area (Å²) < 4.78 is 42.6. The van der Waals surface area contributed by atoms with E-state index < -0.39 is 11.8 Å². The summed E-state index contributed by atoms with van der Waals surface area (Å²) in [6.07, 6.45) is -4.75. The van der Waals surface area contributed by atoms with Crippen LogP contribution in [-0.4, -0.2) is 6.36 Å². The number of ether oxygens (including phenoxy) is 1. The molecule has 0 bridgehead atoms. The van der Waals surface area contributed by atoms with E-state index in [1.807, 2.05) is 39.8 Å². The lowest BCUT2D eigenvalue weighted by atomic mass is 9.75. The fourth-order valence-electron chi connectivity index (χ4n) is 2.89. The lowest BCUT2D eigenvalue weighted by Gasteiger charge is -2.28. The maximum Gasteiger partial charge on any atom is 0.573 e. The van der Waals surface area contributed by atoms with Crippen molar-refractivity contribution in [2.45, 2.75) is 45.4 Å². The number of nitriles is 1. The van der Waals surface area contributed by atoms with Gasteiger partial charge in [0.2, 0.25) is 0 Å². The summed E-state index contributed by atoms with van der Waals surface area (Å²) in [5, 5.41) is 9.33. The van der Waals surface area contributed by atoms with Crippen molar-refractivity contribution >= 4 is 0 Å². The fraction of sp³-hybridized carbons (Fsp3) is 0.350. The van der Waals surface area contributed by atoms with Gasteiger partial charge in [-0.25, -0.2) is 0 Å². The first-order valence-corrected chi connectivity index (χ1v) is 7.96. The van der Waals surface area contributed by atoms with Crippen molar-refractivity contribution in [3.8, 4) is 11.8 Å². The summed E-state index contributed by atoms with van der Waals surface area (Å²) in [6, 6.07) is 14.1. The topological polar surface area (TPSA) is 33.0 Å². The number of halogens is 3. The molecule has 0 N–H and O–H groups in total. The molecule has 0 radical (unpaired) electrons. The van der Waals surface area contributed by atoms with Gasteiger partial charge in [0.05, 0.1) is 11.6 Å². The first-order valence-electron chi connectivity index (χ1n) is 7.96. The Morgan fingerprint density at radius 3 is 2.24 bits per heavy atom. The maximum absolute atomic E-state index is 12.8. The third-order valence-corrected chi connectivity index (χ3v) is 4.30. The molecule has 0 unspecified atom stereocenters. The van der Waals surface area contributed by atoms with E-state index >= 15 is 0 Å². The molecular formula is C20H20F3NO. The third-order valence-electron chi connectivity index (χ3n) is 4.30. The lowest BCUT2D eigenvalue weighted by molar-refractivity contribution is -0.275. The highest BCUT2D eigenvalue weighted by Gasteiger charge is 2.34. The molecule has 0 atom stereocenters. The van der Waals surface area contributed by atoms with Gasteiger partial charge in [-0.05, 0) is 34.7 Å². The second kappa shape index (κ2) is 6.79. The van der Waals surface area contributed by atoms with Crippen molar-refractivity contribution in [3.05, 3.63) is 64.7 Å². The summed E-state index contributed by atoms with van der Waals surface area (Å²) in [6.45, 7) is 7.39. The molecule has 2 rings (SSSR count). The molecule has 0 spiro atoms. The average Bonchev–Trinajstić information content (AvgIpc) is 2.52. The Balaban J connectivity index is 2.59. The highest BCUT2D eigenvalue weighted by Crippen LogP contribution is 2.39. The van der Waals surface area contributed by atoms with E-state index in [4.69, 9.17) is 0 Å². The molecule has 25 heavy (non-hydrogen) atoms. The minimum absolute atomic E-state index is 0.110. The van der Waals surface area contributed by atoms with Gasteiger partial charge in [0, 0.05) is 5.41 Å². The van der Waals surface area contributed by atoms with E-state index in [0.29, 0.717) is 16.7 Å². The molecule has 0 fully saturated rings. The SMILES string of the molecule is CC(C)c1ccc(C(C)(C)c2ccccc2C#N)cc1OC(F)(F)F. The molecule has 0 aromatic heterocycles. The Morgan fingerprint density at radius 1 is 1.04 bits per heavy atom. The standard InChI is InChI=1S/C20H20F3NO/c1-13(2)16-10-9-15(11-18(16)25-20(21,22)23)19(3,4)17-8-6-5-7-14(17)12-24/h5-11,13H,1-4H3. The molecule has 2 aromatic rings. The van der Waals surface area contributed by atoms with E-state index in [0.717, 1.165) is 5.56 Å². The van der Waals surface area contributed by atoms with Crippen molar-refractivity contribution in [2.75, 3.05) is 0 Å². The molecule has 2 nitrogen and oxygen atoms in total. The predicted octanol–water partition coefficient (Wildman–Crippen LogP) is 5.91. The van der Waals surface area contributed by atoms with Gasteiger partial charge >= 0.3 is 6.36 Å². The first-order chi connectivity index (χ1) is 11.6. The molecule has 0 amide bonds. The molecule has 0 aliphatic rings. The monoisotopic (exact) mass is 347 g/mol. The van der Waals surface area contributed by atoms with Crippen LogP contribution >= 0.6 is 0 Å². The van der Waals surface area contributed by atoms with Gasteiger partial charge < -0.3 is 4.74 Å². The number of benzene rings is 2. The molecule has 0 heterocycles. The molecule has 0 aliphatic carbocycles. The zero-order valence-electron chi connectivity index (χ0n) is 14.6. The van der Waals surface area contributed by atoms with E-state index in [9.17, 15) is 18.4 Å². The van der Waals surface area contributed by atoms with Crippen LogP contribution in [-0.2, 0) is 5.41 Å². The third kappa shape index (κ3) is 4.14. The summed E-state index contributed by atoms with van der Waals surface area (Å²) in [7, 11) is 0. The van der Waals surface area contributed by atoms with Crippen molar-refractivity contribution in [1.82, 2.24) is 0 Å². The van der Waals surface area contributed by atoms with Gasteiger partial charge in [-0.15, -0.1) is 13.2 Å². The van der Waals surface area contributed by atoms with Crippen LogP contribution in [0.4, 0.5) is 13.2 Å². The van der Waals surface area contributed by atoms with E-state index in [-0.39, 0.29) is 11.7 Å². The summed E-state index contributed by atoms with van der Waals surface area (Å²) in [4.78, 5) is 0. The molecule has 0 saturated heterocycles. The van der Waals surface area contributed by atoms with Crippen LogP contribution in [0, 0.1) is 11.3 Å². The highest BCUT2D eigenvalue weighted by atomic mass is 19.4. The zero-order valence-corrected chi connectivity index (χ0v) is 14.6. The van der Waals surface area contributed by atoms with E-state index in [1.165, 1.54) is 6.07 Å². The second-order valence-corrected chi connectivity index (χ2v) is 6.74. The van der Waals surface area contributed by atoms with Gasteiger partial charge in [0.25, 0.3) is 0 Å². The molecule has 2 aromatic carbocycles. The van der Waals surface area contributed by atoms with Crippen LogP contribution in [0.15, 0.2) is 42.5 Å². The summed E-state index contributed by atoms with van der Waals surface area (Å²) in [5.41, 5.74) is 1.75. The smallest absolute Gasteiger partial charge is 0.405 e. The largest absolute Gasteiger partial charge is 0.573 e. The molecule has 0 aliphatic heterocycles. The minimum Gasteiger partial charge on any atom is -0.405 e. The summed E-state index contributed by atoms with van der Waals surface area (Å²) in [5.74, 6) is -0.302. The van der Waals surface area contributed by atoms with Crippen LogP contribution in [0.2, 0.25) is 0 Å². The fourth-order valence-corrected chi connectivity index (χ4v) is 2.89. The van der Waals surface area contributed by atoms with Crippen molar-refractivity contribution < 1.29 is 17.9 Å². The number of hydrogen-bond acceptors (Lipinski definition) is 2. The molecule has 0 saturated carbocycles. The Morgan fingerprint density at radius 2 is 1.68 bits per heavy atom. The normalized spacial score (nSPS) is 12.1. The van der Waals surface area contributed by atoms with Gasteiger partial charge in [-0.3, -0.25) is 0 Å². The van der Waals surface area contributed by atoms with Crippen molar-refractivity contribution in [3.63, 3.8) is 0 Å². The molecule has 5 heteroatoms. The Labute approximate surface area is 145 Å². The van der Waals surface area contributed by atoms with Crippen LogP contribution in [0.25, 0.3) is 0 Å². The first kappa shape index (κ1) is 18.9.